The first-order valence-corrected chi connectivity index (χ1v) is 7.16. The molecule has 2 aromatic rings. The van der Waals surface area contributed by atoms with E-state index in [2.05, 4.69) is 31.3 Å². The predicted molar refractivity (Wildman–Crippen MR) is 76.0 cm³/mol. The first-order chi connectivity index (χ1) is 9.28. The van der Waals surface area contributed by atoms with Gasteiger partial charge in [-0.2, -0.15) is 0 Å². The molecule has 0 aromatic carbocycles. The van der Waals surface area contributed by atoms with Crippen molar-refractivity contribution in [2.75, 3.05) is 18.5 Å². The molecule has 19 heavy (non-hydrogen) atoms. The second kappa shape index (κ2) is 5.44. The zero-order valence-corrected chi connectivity index (χ0v) is 12.1. The Labute approximate surface area is 119 Å². The number of fused-ring (bicyclic) bond motifs is 1. The molecule has 1 aliphatic rings. The van der Waals surface area contributed by atoms with Crippen LogP contribution in [0.15, 0.2) is 16.7 Å². The van der Waals surface area contributed by atoms with Crippen molar-refractivity contribution < 1.29 is 4.74 Å². The lowest BCUT2D eigenvalue weighted by Crippen LogP contribution is -2.28. The van der Waals surface area contributed by atoms with Gasteiger partial charge in [-0.25, -0.2) is 9.50 Å². The highest BCUT2D eigenvalue weighted by Crippen LogP contribution is 2.20. The van der Waals surface area contributed by atoms with Crippen LogP contribution in [0, 0.1) is 0 Å². The molecule has 0 radical (unpaired) electrons. The lowest BCUT2D eigenvalue weighted by atomic mass is 10.1. The van der Waals surface area contributed by atoms with Crippen molar-refractivity contribution in [3.8, 4) is 0 Å². The van der Waals surface area contributed by atoms with Crippen LogP contribution >= 0.6 is 15.9 Å². The fraction of sp³-hybridized carbons (Fsp3) is 0.500. The SMILES string of the molecule is NCc1nc2ccc(NC3CCOCC3)nn2c1Br. The number of hydrogen-bond acceptors (Lipinski definition) is 5. The number of rotatable bonds is 3. The topological polar surface area (TPSA) is 77.5 Å². The molecule has 102 valence electrons. The van der Waals surface area contributed by atoms with E-state index in [4.69, 9.17) is 10.5 Å². The summed E-state index contributed by atoms with van der Waals surface area (Å²) in [5.41, 5.74) is 7.25. The molecule has 1 aliphatic heterocycles. The molecule has 0 saturated carbocycles. The first kappa shape index (κ1) is 12.8. The van der Waals surface area contributed by atoms with E-state index < -0.39 is 0 Å². The average Bonchev–Trinajstić information content (AvgIpc) is 2.77. The van der Waals surface area contributed by atoms with E-state index in [9.17, 15) is 0 Å². The van der Waals surface area contributed by atoms with E-state index in [1.54, 1.807) is 4.52 Å². The quantitative estimate of drug-likeness (QED) is 0.895. The molecule has 0 atom stereocenters. The molecular weight excluding hydrogens is 310 g/mol. The minimum Gasteiger partial charge on any atom is -0.381 e. The van der Waals surface area contributed by atoms with Crippen molar-refractivity contribution in [2.45, 2.75) is 25.4 Å². The van der Waals surface area contributed by atoms with E-state index in [-0.39, 0.29) is 0 Å². The average molecular weight is 326 g/mol. The highest BCUT2D eigenvalue weighted by molar-refractivity contribution is 9.10. The van der Waals surface area contributed by atoms with Crippen LogP contribution < -0.4 is 11.1 Å². The Kier molecular flexibility index (Phi) is 3.67. The number of ether oxygens (including phenoxy) is 1. The highest BCUT2D eigenvalue weighted by Gasteiger charge is 2.15. The van der Waals surface area contributed by atoms with Gasteiger partial charge >= 0.3 is 0 Å². The van der Waals surface area contributed by atoms with E-state index in [0.29, 0.717) is 12.6 Å². The van der Waals surface area contributed by atoms with Gasteiger partial charge in [0.05, 0.1) is 5.69 Å². The predicted octanol–water partition coefficient (Wildman–Crippen LogP) is 1.54. The Hall–Kier alpha value is -1.18. The van der Waals surface area contributed by atoms with Gasteiger partial charge < -0.3 is 15.8 Å². The van der Waals surface area contributed by atoms with Crippen molar-refractivity contribution >= 4 is 27.4 Å². The molecule has 1 fully saturated rings. The minimum atomic E-state index is 0.396. The summed E-state index contributed by atoms with van der Waals surface area (Å²) in [6.07, 6.45) is 2.03. The number of nitrogens with zero attached hydrogens (tertiary/aromatic N) is 3. The molecule has 0 bridgehead atoms. The maximum Gasteiger partial charge on any atom is 0.155 e. The largest absolute Gasteiger partial charge is 0.381 e. The lowest BCUT2D eigenvalue weighted by molar-refractivity contribution is 0.0903. The number of nitrogens with two attached hydrogens (primary N) is 1. The molecule has 0 amide bonds. The summed E-state index contributed by atoms with van der Waals surface area (Å²) in [6.45, 7) is 2.02. The Bertz CT molecular complexity index is 579. The van der Waals surface area contributed by atoms with E-state index >= 15 is 0 Å². The summed E-state index contributed by atoms with van der Waals surface area (Å²) < 4.78 is 7.94. The molecule has 3 N–H and O–H groups in total. The monoisotopic (exact) mass is 325 g/mol. The Balaban J connectivity index is 1.86. The van der Waals surface area contributed by atoms with Gasteiger partial charge in [-0.3, -0.25) is 0 Å². The molecule has 1 saturated heterocycles. The number of halogens is 1. The molecule has 2 aromatic heterocycles. The van der Waals surface area contributed by atoms with Crippen LogP contribution in [0.5, 0.6) is 0 Å². The third-order valence-corrected chi connectivity index (χ3v) is 4.05. The molecule has 3 rings (SSSR count). The van der Waals surface area contributed by atoms with Gasteiger partial charge in [-0.05, 0) is 40.9 Å². The van der Waals surface area contributed by atoms with Crippen molar-refractivity contribution in [3.63, 3.8) is 0 Å². The summed E-state index contributed by atoms with van der Waals surface area (Å²) >= 11 is 3.48. The number of aromatic nitrogens is 3. The third-order valence-electron chi connectivity index (χ3n) is 3.26. The second-order valence-corrected chi connectivity index (χ2v) is 5.32. The van der Waals surface area contributed by atoms with Gasteiger partial charge in [0.2, 0.25) is 0 Å². The van der Waals surface area contributed by atoms with Crippen LogP contribution in [0.25, 0.3) is 5.65 Å². The van der Waals surface area contributed by atoms with Crippen LogP contribution in [0.2, 0.25) is 0 Å². The maximum atomic E-state index is 5.64. The van der Waals surface area contributed by atoms with Crippen LogP contribution in [0.1, 0.15) is 18.5 Å². The summed E-state index contributed by atoms with van der Waals surface area (Å²) in [5.74, 6) is 0.848. The zero-order valence-electron chi connectivity index (χ0n) is 10.5. The van der Waals surface area contributed by atoms with Gasteiger partial charge in [-0.1, -0.05) is 0 Å². The molecular formula is C12H16BrN5O. The van der Waals surface area contributed by atoms with Crippen molar-refractivity contribution in [3.05, 3.63) is 22.4 Å². The number of hydrogen-bond donors (Lipinski definition) is 2. The Morgan fingerprint density at radius 3 is 2.95 bits per heavy atom. The Morgan fingerprint density at radius 1 is 1.42 bits per heavy atom. The standard InChI is InChI=1S/C12H16BrN5O/c13-12-9(7-14)16-11-2-1-10(17-18(11)12)15-8-3-5-19-6-4-8/h1-2,8H,3-7,14H2,(H,15,17). The fourth-order valence-electron chi connectivity index (χ4n) is 2.21. The summed E-state index contributed by atoms with van der Waals surface area (Å²) in [6, 6.07) is 4.32. The maximum absolute atomic E-state index is 5.64. The highest BCUT2D eigenvalue weighted by atomic mass is 79.9. The van der Waals surface area contributed by atoms with Crippen molar-refractivity contribution in [1.82, 2.24) is 14.6 Å². The number of anilines is 1. The van der Waals surface area contributed by atoms with Crippen LogP contribution in [-0.4, -0.2) is 33.9 Å². The number of imidazole rings is 1. The van der Waals surface area contributed by atoms with Gasteiger partial charge in [0.1, 0.15) is 10.4 Å². The van der Waals surface area contributed by atoms with E-state index in [0.717, 1.165) is 47.8 Å². The molecule has 0 spiro atoms. The van der Waals surface area contributed by atoms with Gasteiger partial charge in [0.15, 0.2) is 5.65 Å². The van der Waals surface area contributed by atoms with Crippen LogP contribution in [0.3, 0.4) is 0 Å². The molecule has 3 heterocycles. The van der Waals surface area contributed by atoms with Gasteiger partial charge in [-0.15, -0.1) is 5.10 Å². The molecule has 0 unspecified atom stereocenters. The smallest absolute Gasteiger partial charge is 0.155 e. The molecule has 6 nitrogen and oxygen atoms in total. The zero-order chi connectivity index (χ0) is 13.2. The molecule has 7 heteroatoms. The van der Waals surface area contributed by atoms with Gasteiger partial charge in [0, 0.05) is 25.8 Å². The third kappa shape index (κ3) is 2.58. The second-order valence-electron chi connectivity index (χ2n) is 4.57. The van der Waals surface area contributed by atoms with Gasteiger partial charge in [0.25, 0.3) is 0 Å². The van der Waals surface area contributed by atoms with Crippen LogP contribution in [-0.2, 0) is 11.3 Å². The Morgan fingerprint density at radius 2 is 2.21 bits per heavy atom. The summed E-state index contributed by atoms with van der Waals surface area (Å²) in [4.78, 5) is 4.40. The number of nitrogens with one attached hydrogen (secondary N) is 1. The minimum absolute atomic E-state index is 0.396. The lowest BCUT2D eigenvalue weighted by Gasteiger charge is -2.23. The summed E-state index contributed by atoms with van der Waals surface area (Å²) in [5, 5.41) is 7.97. The van der Waals surface area contributed by atoms with Crippen LogP contribution in [0.4, 0.5) is 5.82 Å². The fourth-order valence-corrected chi connectivity index (χ4v) is 2.72. The van der Waals surface area contributed by atoms with E-state index in [1.165, 1.54) is 0 Å². The summed E-state index contributed by atoms with van der Waals surface area (Å²) in [7, 11) is 0. The molecule has 0 aliphatic carbocycles. The van der Waals surface area contributed by atoms with E-state index in [1.807, 2.05) is 12.1 Å². The normalized spacial score (nSPS) is 16.9. The van der Waals surface area contributed by atoms with Crippen molar-refractivity contribution in [2.24, 2.45) is 5.73 Å². The van der Waals surface area contributed by atoms with Crippen molar-refractivity contribution in [1.29, 1.82) is 0 Å². The first-order valence-electron chi connectivity index (χ1n) is 6.36.